The van der Waals surface area contributed by atoms with Crippen molar-refractivity contribution in [1.82, 2.24) is 9.78 Å². The zero-order chi connectivity index (χ0) is 12.3. The Labute approximate surface area is 97.5 Å². The molecule has 0 saturated carbocycles. The van der Waals surface area contributed by atoms with E-state index in [-0.39, 0.29) is 11.4 Å². The molecule has 0 atom stereocenters. The van der Waals surface area contributed by atoms with Crippen LogP contribution in [0.25, 0.3) is 0 Å². The van der Waals surface area contributed by atoms with Gasteiger partial charge in [0.2, 0.25) is 0 Å². The maximum atomic E-state index is 11.0. The molecular formula is C12H9N3O2. The van der Waals surface area contributed by atoms with Crippen LogP contribution in [0.5, 0.6) is 0 Å². The molecule has 1 heterocycles. The fourth-order valence-corrected chi connectivity index (χ4v) is 1.52. The van der Waals surface area contributed by atoms with Crippen molar-refractivity contribution in [2.75, 3.05) is 0 Å². The molecule has 17 heavy (non-hydrogen) atoms. The molecule has 0 unspecified atom stereocenters. The molecule has 0 radical (unpaired) electrons. The standard InChI is InChI=1S/C12H9N3O2/c13-7-10-6-11(12(16)17)15(14-10)8-9-4-2-1-3-5-9/h1-6H,8H2,(H,16,17). The van der Waals surface area contributed by atoms with Crippen molar-refractivity contribution in [1.29, 1.82) is 5.26 Å². The van der Waals surface area contributed by atoms with Gasteiger partial charge in [-0.1, -0.05) is 30.3 Å². The lowest BCUT2D eigenvalue weighted by atomic mass is 10.2. The smallest absolute Gasteiger partial charge is 0.354 e. The van der Waals surface area contributed by atoms with Gasteiger partial charge >= 0.3 is 5.97 Å². The number of nitriles is 1. The number of nitrogens with zero attached hydrogens (tertiary/aromatic N) is 3. The normalized spacial score (nSPS) is 9.82. The Kier molecular flexibility index (Phi) is 2.88. The van der Waals surface area contributed by atoms with E-state index in [0.29, 0.717) is 6.54 Å². The summed E-state index contributed by atoms with van der Waals surface area (Å²) in [6.07, 6.45) is 0. The Hall–Kier alpha value is -2.61. The molecule has 0 bridgehead atoms. The van der Waals surface area contributed by atoms with Crippen molar-refractivity contribution in [3.8, 4) is 6.07 Å². The Morgan fingerprint density at radius 1 is 1.41 bits per heavy atom. The van der Waals surface area contributed by atoms with E-state index in [1.807, 2.05) is 36.4 Å². The van der Waals surface area contributed by atoms with Crippen molar-refractivity contribution in [2.24, 2.45) is 0 Å². The maximum Gasteiger partial charge on any atom is 0.354 e. The SMILES string of the molecule is N#Cc1cc(C(=O)O)n(Cc2ccccc2)n1. The molecule has 0 aliphatic heterocycles. The Balaban J connectivity index is 2.36. The minimum absolute atomic E-state index is 0.0189. The van der Waals surface area contributed by atoms with Gasteiger partial charge in [0.1, 0.15) is 11.8 Å². The third-order valence-electron chi connectivity index (χ3n) is 2.29. The molecule has 84 valence electrons. The molecule has 0 aliphatic rings. The molecule has 1 aromatic heterocycles. The fourth-order valence-electron chi connectivity index (χ4n) is 1.52. The second kappa shape index (κ2) is 4.49. The highest BCUT2D eigenvalue weighted by Gasteiger charge is 2.14. The van der Waals surface area contributed by atoms with Gasteiger partial charge in [-0.25, -0.2) is 4.79 Å². The summed E-state index contributed by atoms with van der Waals surface area (Å²) in [4.78, 5) is 11.0. The summed E-state index contributed by atoms with van der Waals surface area (Å²) in [5.41, 5.74) is 1.06. The number of hydrogen-bond donors (Lipinski definition) is 1. The number of benzene rings is 1. The van der Waals surface area contributed by atoms with Gasteiger partial charge in [0.05, 0.1) is 6.54 Å². The van der Waals surface area contributed by atoms with Crippen LogP contribution in [0.2, 0.25) is 0 Å². The molecule has 2 rings (SSSR count). The van der Waals surface area contributed by atoms with Gasteiger partial charge in [-0.2, -0.15) is 10.4 Å². The van der Waals surface area contributed by atoms with Crippen LogP contribution in [-0.2, 0) is 6.54 Å². The Morgan fingerprint density at radius 3 is 2.71 bits per heavy atom. The number of hydrogen-bond acceptors (Lipinski definition) is 3. The van der Waals surface area contributed by atoms with E-state index >= 15 is 0 Å². The molecular weight excluding hydrogens is 218 g/mol. The first-order chi connectivity index (χ1) is 8.20. The first-order valence-corrected chi connectivity index (χ1v) is 4.96. The van der Waals surface area contributed by atoms with Crippen molar-refractivity contribution < 1.29 is 9.90 Å². The van der Waals surface area contributed by atoms with E-state index in [4.69, 9.17) is 10.4 Å². The third kappa shape index (κ3) is 2.32. The summed E-state index contributed by atoms with van der Waals surface area (Å²) in [5.74, 6) is -1.09. The first-order valence-electron chi connectivity index (χ1n) is 4.96. The molecule has 0 saturated heterocycles. The van der Waals surface area contributed by atoms with Crippen LogP contribution in [0.15, 0.2) is 36.4 Å². The quantitative estimate of drug-likeness (QED) is 0.861. The van der Waals surface area contributed by atoms with Crippen molar-refractivity contribution in [2.45, 2.75) is 6.54 Å². The van der Waals surface area contributed by atoms with Gasteiger partial charge < -0.3 is 5.11 Å². The zero-order valence-electron chi connectivity index (χ0n) is 8.87. The summed E-state index contributed by atoms with van der Waals surface area (Å²) in [7, 11) is 0. The molecule has 0 fully saturated rings. The van der Waals surface area contributed by atoms with Crippen molar-refractivity contribution >= 4 is 5.97 Å². The number of carboxylic acid groups (broad SMARTS) is 1. The van der Waals surface area contributed by atoms with Gasteiger partial charge in [0.15, 0.2) is 5.69 Å². The van der Waals surface area contributed by atoms with Crippen molar-refractivity contribution in [3.63, 3.8) is 0 Å². The lowest BCUT2D eigenvalue weighted by Gasteiger charge is -2.03. The minimum atomic E-state index is -1.09. The van der Waals surface area contributed by atoms with E-state index in [0.717, 1.165) is 5.56 Å². The average molecular weight is 227 g/mol. The van der Waals surface area contributed by atoms with E-state index < -0.39 is 5.97 Å². The largest absolute Gasteiger partial charge is 0.477 e. The second-order valence-corrected chi connectivity index (χ2v) is 3.48. The second-order valence-electron chi connectivity index (χ2n) is 3.48. The van der Waals surface area contributed by atoms with Crippen molar-refractivity contribution in [3.05, 3.63) is 53.3 Å². The lowest BCUT2D eigenvalue weighted by Crippen LogP contribution is -2.10. The van der Waals surface area contributed by atoms with E-state index in [1.165, 1.54) is 10.7 Å². The Morgan fingerprint density at radius 2 is 2.12 bits per heavy atom. The van der Waals surface area contributed by atoms with Gasteiger partial charge in [-0.15, -0.1) is 0 Å². The number of aromatic carboxylic acids is 1. The number of aromatic nitrogens is 2. The Bertz CT molecular complexity index is 582. The zero-order valence-corrected chi connectivity index (χ0v) is 8.87. The molecule has 0 spiro atoms. The molecule has 0 amide bonds. The molecule has 1 aromatic carbocycles. The molecule has 2 aromatic rings. The third-order valence-corrected chi connectivity index (χ3v) is 2.29. The van der Waals surface area contributed by atoms with E-state index in [1.54, 1.807) is 0 Å². The maximum absolute atomic E-state index is 11.0. The first kappa shape index (κ1) is 10.9. The van der Waals surface area contributed by atoms with Crippen LogP contribution >= 0.6 is 0 Å². The van der Waals surface area contributed by atoms with Crippen LogP contribution in [0.4, 0.5) is 0 Å². The lowest BCUT2D eigenvalue weighted by molar-refractivity contribution is 0.0684. The van der Waals surface area contributed by atoms with Crippen LogP contribution < -0.4 is 0 Å². The number of carboxylic acids is 1. The van der Waals surface area contributed by atoms with Gasteiger partial charge in [0, 0.05) is 6.07 Å². The predicted molar refractivity (Wildman–Crippen MR) is 59.4 cm³/mol. The summed E-state index contributed by atoms with van der Waals surface area (Å²) in [6, 6.07) is 12.5. The fraction of sp³-hybridized carbons (Fsp3) is 0.0833. The van der Waals surface area contributed by atoms with E-state index in [2.05, 4.69) is 5.10 Å². The van der Waals surface area contributed by atoms with Crippen LogP contribution in [0, 0.1) is 11.3 Å². The van der Waals surface area contributed by atoms with Crippen LogP contribution in [-0.4, -0.2) is 20.9 Å². The molecule has 5 heteroatoms. The topological polar surface area (TPSA) is 78.9 Å². The summed E-state index contributed by atoms with van der Waals surface area (Å²) < 4.78 is 1.32. The molecule has 5 nitrogen and oxygen atoms in total. The summed E-state index contributed by atoms with van der Waals surface area (Å²) in [6.45, 7) is 0.337. The summed E-state index contributed by atoms with van der Waals surface area (Å²) in [5, 5.41) is 21.6. The number of rotatable bonds is 3. The highest BCUT2D eigenvalue weighted by Crippen LogP contribution is 2.08. The highest BCUT2D eigenvalue weighted by molar-refractivity contribution is 5.86. The molecule has 1 N–H and O–H groups in total. The molecule has 0 aliphatic carbocycles. The summed E-state index contributed by atoms with van der Waals surface area (Å²) >= 11 is 0. The van der Waals surface area contributed by atoms with Gasteiger partial charge in [-0.3, -0.25) is 4.68 Å². The monoisotopic (exact) mass is 227 g/mol. The van der Waals surface area contributed by atoms with E-state index in [9.17, 15) is 4.79 Å². The van der Waals surface area contributed by atoms with Crippen LogP contribution in [0.1, 0.15) is 21.7 Å². The predicted octanol–water partition coefficient (Wildman–Crippen LogP) is 1.50. The number of carbonyl (C=O) groups is 1. The van der Waals surface area contributed by atoms with Gasteiger partial charge in [0.25, 0.3) is 0 Å². The average Bonchev–Trinajstić information content (AvgIpc) is 2.74. The van der Waals surface area contributed by atoms with Gasteiger partial charge in [-0.05, 0) is 5.56 Å². The van der Waals surface area contributed by atoms with Crippen LogP contribution in [0.3, 0.4) is 0 Å². The highest BCUT2D eigenvalue weighted by atomic mass is 16.4. The minimum Gasteiger partial charge on any atom is -0.477 e.